The van der Waals surface area contributed by atoms with Crippen molar-refractivity contribution in [3.63, 3.8) is 0 Å². The van der Waals surface area contributed by atoms with Crippen LogP contribution in [0.25, 0.3) is 16.9 Å². The Hall–Kier alpha value is -3.40. The van der Waals surface area contributed by atoms with Gasteiger partial charge in [-0.3, -0.25) is 0 Å². The number of rotatable bonds is 7. The Morgan fingerprint density at radius 3 is 2.90 bits per heavy atom. The average molecular weight is 426 g/mol. The first-order valence-electron chi connectivity index (χ1n) is 10.1. The molecule has 3 aromatic heterocycles. The molecule has 1 fully saturated rings. The van der Waals surface area contributed by atoms with E-state index in [1.54, 1.807) is 43.1 Å². The van der Waals surface area contributed by atoms with Crippen molar-refractivity contribution >= 4 is 17.6 Å². The number of methoxy groups -OCH3 is 2. The number of carbonyl (C=O) groups is 1. The van der Waals surface area contributed by atoms with E-state index in [4.69, 9.17) is 19.3 Å². The van der Waals surface area contributed by atoms with Gasteiger partial charge in [0.2, 0.25) is 5.88 Å². The summed E-state index contributed by atoms with van der Waals surface area (Å²) < 4.78 is 17.3. The van der Waals surface area contributed by atoms with E-state index in [0.717, 1.165) is 35.7 Å². The van der Waals surface area contributed by atoms with Crippen LogP contribution in [0.1, 0.15) is 6.42 Å². The summed E-state index contributed by atoms with van der Waals surface area (Å²) in [5.74, 6) is 1.34. The maximum Gasteiger partial charge on any atom is 0.409 e. The van der Waals surface area contributed by atoms with Crippen molar-refractivity contribution in [2.75, 3.05) is 52.5 Å². The first-order valence-corrected chi connectivity index (χ1v) is 10.1. The summed E-state index contributed by atoms with van der Waals surface area (Å²) in [6.07, 6.45) is 3.95. The van der Waals surface area contributed by atoms with Crippen LogP contribution >= 0.6 is 0 Å². The number of nitrogens with zero attached hydrogens (tertiary/aromatic N) is 6. The molecule has 164 valence electrons. The summed E-state index contributed by atoms with van der Waals surface area (Å²) >= 11 is 0. The zero-order valence-electron chi connectivity index (χ0n) is 17.9. The number of anilines is 1. The lowest BCUT2D eigenvalue weighted by molar-refractivity contribution is 0.0702. The molecule has 0 aliphatic carbocycles. The molecule has 0 radical (unpaired) electrons. The Balaban J connectivity index is 1.52. The summed E-state index contributed by atoms with van der Waals surface area (Å²) in [6, 6.07) is 7.72. The molecule has 4 heterocycles. The highest BCUT2D eigenvalue weighted by Crippen LogP contribution is 2.29. The molecule has 0 spiro atoms. The molecule has 0 N–H and O–H groups in total. The second kappa shape index (κ2) is 9.17. The number of likely N-dealkylation sites (N-methyl/N-ethyl adjacent to an activating group) is 1. The smallest absolute Gasteiger partial charge is 0.409 e. The minimum Gasteiger partial charge on any atom is -0.481 e. The van der Waals surface area contributed by atoms with Gasteiger partial charge < -0.3 is 24.0 Å². The molecule has 10 heteroatoms. The van der Waals surface area contributed by atoms with Gasteiger partial charge in [-0.2, -0.15) is 0 Å². The van der Waals surface area contributed by atoms with E-state index in [2.05, 4.69) is 14.9 Å². The number of pyridine rings is 1. The lowest BCUT2D eigenvalue weighted by Crippen LogP contribution is -2.39. The van der Waals surface area contributed by atoms with Gasteiger partial charge in [0, 0.05) is 33.4 Å². The van der Waals surface area contributed by atoms with Crippen LogP contribution in [0, 0.1) is 0 Å². The highest BCUT2D eigenvalue weighted by atomic mass is 16.6. The SMILES string of the molecule is COCCOC(=O)N(C)[C@H]1CCN(c2ccc3ncc(-c4cccnc4OC)n3n2)C1. The Labute approximate surface area is 180 Å². The van der Waals surface area contributed by atoms with Gasteiger partial charge in [-0.1, -0.05) is 0 Å². The largest absolute Gasteiger partial charge is 0.481 e. The van der Waals surface area contributed by atoms with E-state index in [0.29, 0.717) is 19.0 Å². The van der Waals surface area contributed by atoms with Crippen LogP contribution < -0.4 is 9.64 Å². The van der Waals surface area contributed by atoms with Gasteiger partial charge in [-0.05, 0) is 30.7 Å². The number of hydrogen-bond donors (Lipinski definition) is 0. The molecule has 0 bridgehead atoms. The summed E-state index contributed by atoms with van der Waals surface area (Å²) in [5.41, 5.74) is 2.36. The molecular formula is C21H26N6O4. The molecule has 1 atom stereocenters. The molecule has 3 aromatic rings. The van der Waals surface area contributed by atoms with Crippen molar-refractivity contribution in [3.05, 3.63) is 36.7 Å². The maximum atomic E-state index is 12.2. The van der Waals surface area contributed by atoms with Crippen LogP contribution in [0.4, 0.5) is 10.6 Å². The average Bonchev–Trinajstić information content (AvgIpc) is 3.45. The molecule has 10 nitrogen and oxygen atoms in total. The molecule has 1 aliphatic heterocycles. The summed E-state index contributed by atoms with van der Waals surface area (Å²) in [4.78, 5) is 24.8. The van der Waals surface area contributed by atoms with E-state index >= 15 is 0 Å². The van der Waals surface area contributed by atoms with Crippen LogP contribution in [0.2, 0.25) is 0 Å². The number of fused-ring (bicyclic) bond motifs is 1. The minimum atomic E-state index is -0.340. The van der Waals surface area contributed by atoms with E-state index in [-0.39, 0.29) is 18.7 Å². The van der Waals surface area contributed by atoms with Gasteiger partial charge in [0.15, 0.2) is 5.65 Å². The van der Waals surface area contributed by atoms with Crippen molar-refractivity contribution in [2.45, 2.75) is 12.5 Å². The molecule has 0 aromatic carbocycles. The van der Waals surface area contributed by atoms with Crippen molar-refractivity contribution in [2.24, 2.45) is 0 Å². The van der Waals surface area contributed by atoms with Crippen LogP contribution in [-0.4, -0.2) is 84.2 Å². The first kappa shape index (κ1) is 20.9. The van der Waals surface area contributed by atoms with E-state index in [1.807, 2.05) is 24.3 Å². The molecule has 1 aliphatic rings. The van der Waals surface area contributed by atoms with E-state index < -0.39 is 0 Å². The lowest BCUT2D eigenvalue weighted by atomic mass is 10.2. The highest BCUT2D eigenvalue weighted by molar-refractivity contribution is 5.69. The predicted octanol–water partition coefficient (Wildman–Crippen LogP) is 2.09. The fraction of sp³-hybridized carbons (Fsp3) is 0.429. The monoisotopic (exact) mass is 426 g/mol. The summed E-state index contributed by atoms with van der Waals surface area (Å²) in [6.45, 7) is 2.10. The third-order valence-electron chi connectivity index (χ3n) is 5.42. The molecule has 0 saturated carbocycles. The number of hydrogen-bond acceptors (Lipinski definition) is 8. The maximum absolute atomic E-state index is 12.2. The molecule has 1 saturated heterocycles. The quantitative estimate of drug-likeness (QED) is 0.530. The van der Waals surface area contributed by atoms with Crippen molar-refractivity contribution in [3.8, 4) is 17.1 Å². The van der Waals surface area contributed by atoms with Crippen LogP contribution in [0.15, 0.2) is 36.7 Å². The van der Waals surface area contributed by atoms with Gasteiger partial charge in [0.05, 0.1) is 37.2 Å². The number of imidazole rings is 1. The van der Waals surface area contributed by atoms with Gasteiger partial charge >= 0.3 is 6.09 Å². The second-order valence-corrected chi connectivity index (χ2v) is 7.27. The van der Waals surface area contributed by atoms with Crippen LogP contribution in [-0.2, 0) is 9.47 Å². The van der Waals surface area contributed by atoms with Gasteiger partial charge in [0.25, 0.3) is 0 Å². The zero-order valence-corrected chi connectivity index (χ0v) is 17.9. The standard InChI is InChI=1S/C21H26N6O4/c1-25(21(28)31-12-11-29-2)15-8-10-26(14-15)19-7-6-18-23-13-17(27(18)24-19)16-5-4-9-22-20(16)30-3/h4-7,9,13,15H,8,10-12,14H2,1-3H3/t15-/m0/s1. The normalized spacial score (nSPS) is 16.0. The fourth-order valence-electron chi connectivity index (χ4n) is 3.69. The Morgan fingerprint density at radius 1 is 1.23 bits per heavy atom. The highest BCUT2D eigenvalue weighted by Gasteiger charge is 2.30. The topological polar surface area (TPSA) is 94.3 Å². The van der Waals surface area contributed by atoms with Crippen molar-refractivity contribution in [1.82, 2.24) is 24.5 Å². The zero-order chi connectivity index (χ0) is 21.8. The molecule has 4 rings (SSSR count). The first-order chi connectivity index (χ1) is 15.1. The van der Waals surface area contributed by atoms with Crippen molar-refractivity contribution in [1.29, 1.82) is 0 Å². The molecule has 1 amide bonds. The third kappa shape index (κ3) is 4.24. The van der Waals surface area contributed by atoms with E-state index in [9.17, 15) is 4.79 Å². The van der Waals surface area contributed by atoms with Crippen molar-refractivity contribution < 1.29 is 19.0 Å². The predicted molar refractivity (Wildman–Crippen MR) is 114 cm³/mol. The Morgan fingerprint density at radius 2 is 2.10 bits per heavy atom. The second-order valence-electron chi connectivity index (χ2n) is 7.27. The molecular weight excluding hydrogens is 400 g/mol. The van der Waals surface area contributed by atoms with E-state index in [1.165, 1.54) is 0 Å². The van der Waals surface area contributed by atoms with Gasteiger partial charge in [-0.15, -0.1) is 5.10 Å². The number of carbonyl (C=O) groups excluding carboxylic acids is 1. The lowest BCUT2D eigenvalue weighted by Gasteiger charge is -2.24. The number of ether oxygens (including phenoxy) is 3. The third-order valence-corrected chi connectivity index (χ3v) is 5.42. The van der Waals surface area contributed by atoms with Crippen LogP contribution in [0.5, 0.6) is 5.88 Å². The Bertz CT molecular complexity index is 1060. The Kier molecular flexibility index (Phi) is 6.17. The minimum absolute atomic E-state index is 0.0493. The molecule has 0 unspecified atom stereocenters. The summed E-state index contributed by atoms with van der Waals surface area (Å²) in [5, 5.41) is 4.81. The fourth-order valence-corrected chi connectivity index (χ4v) is 3.69. The van der Waals surface area contributed by atoms with Gasteiger partial charge in [-0.25, -0.2) is 19.3 Å². The number of aromatic nitrogens is 4. The molecule has 31 heavy (non-hydrogen) atoms. The summed E-state index contributed by atoms with van der Waals surface area (Å²) in [7, 11) is 4.93. The van der Waals surface area contributed by atoms with Crippen LogP contribution in [0.3, 0.4) is 0 Å². The van der Waals surface area contributed by atoms with Gasteiger partial charge in [0.1, 0.15) is 12.4 Å². The number of amides is 1.